The van der Waals surface area contributed by atoms with Crippen LogP contribution in [0, 0.1) is 0 Å². The number of halogens is 1. The second kappa shape index (κ2) is 9.87. The van der Waals surface area contributed by atoms with Crippen LogP contribution in [0.15, 0.2) is 54.6 Å². The zero-order valence-electron chi connectivity index (χ0n) is 13.6. The van der Waals surface area contributed by atoms with Gasteiger partial charge in [-0.05, 0) is 43.8 Å². The van der Waals surface area contributed by atoms with Gasteiger partial charge < -0.3 is 15.5 Å². The molecule has 2 aromatic rings. The molecule has 2 aromatic carbocycles. The van der Waals surface area contributed by atoms with Crippen molar-refractivity contribution in [3.8, 4) is 0 Å². The Morgan fingerprint density at radius 2 is 1.61 bits per heavy atom. The number of carbonyl (C=O) groups is 1. The predicted octanol–water partition coefficient (Wildman–Crippen LogP) is 3.10. The maximum atomic E-state index is 11.4. The van der Waals surface area contributed by atoms with E-state index >= 15 is 0 Å². The highest BCUT2D eigenvalue weighted by Gasteiger charge is 2.06. The van der Waals surface area contributed by atoms with Crippen LogP contribution in [0.3, 0.4) is 0 Å². The minimum Gasteiger partial charge on any atom is -0.351 e. The molecule has 0 atom stereocenters. The molecule has 4 nitrogen and oxygen atoms in total. The summed E-state index contributed by atoms with van der Waals surface area (Å²) in [7, 11) is 1.76. The Kier molecular flexibility index (Phi) is 8.16. The van der Waals surface area contributed by atoms with Crippen LogP contribution in [0.5, 0.6) is 0 Å². The molecule has 0 aliphatic heterocycles. The minimum absolute atomic E-state index is 0. The molecule has 0 aliphatic rings. The fraction of sp³-hybridized carbons (Fsp3) is 0.278. The standard InChI is InChI=1S/C18H23N3O.ClH/c1-3-21(16-7-5-4-6-8-16)17-11-9-15(10-12-17)13-20-18(22)14-19-2;/h4-12,19H,3,13-14H2,1-2H3,(H,20,22);1H. The second-order valence-corrected chi connectivity index (χ2v) is 5.05. The summed E-state index contributed by atoms with van der Waals surface area (Å²) in [6.07, 6.45) is 0. The van der Waals surface area contributed by atoms with Crippen molar-refractivity contribution in [1.82, 2.24) is 10.6 Å². The summed E-state index contributed by atoms with van der Waals surface area (Å²) >= 11 is 0. The third-order valence-electron chi connectivity index (χ3n) is 3.46. The Morgan fingerprint density at radius 3 is 2.17 bits per heavy atom. The predicted molar refractivity (Wildman–Crippen MR) is 98.6 cm³/mol. The molecular formula is C18H24ClN3O. The van der Waals surface area contributed by atoms with E-state index in [1.807, 2.05) is 18.2 Å². The Labute approximate surface area is 144 Å². The Hall–Kier alpha value is -2.04. The van der Waals surface area contributed by atoms with Gasteiger partial charge in [-0.2, -0.15) is 0 Å². The number of carbonyl (C=O) groups excluding carboxylic acids is 1. The maximum absolute atomic E-state index is 11.4. The van der Waals surface area contributed by atoms with E-state index in [9.17, 15) is 4.79 Å². The van der Waals surface area contributed by atoms with Crippen molar-refractivity contribution in [3.63, 3.8) is 0 Å². The average molecular weight is 334 g/mol. The van der Waals surface area contributed by atoms with Crippen LogP contribution in [0.2, 0.25) is 0 Å². The van der Waals surface area contributed by atoms with Gasteiger partial charge in [0.2, 0.25) is 5.91 Å². The van der Waals surface area contributed by atoms with Crippen LogP contribution >= 0.6 is 12.4 Å². The third kappa shape index (κ3) is 5.58. The van der Waals surface area contributed by atoms with Crippen LogP contribution in [0.1, 0.15) is 12.5 Å². The first-order valence-corrected chi connectivity index (χ1v) is 7.57. The maximum Gasteiger partial charge on any atom is 0.234 e. The van der Waals surface area contributed by atoms with Gasteiger partial charge in [0, 0.05) is 24.5 Å². The molecule has 0 fully saturated rings. The van der Waals surface area contributed by atoms with Gasteiger partial charge in [-0.3, -0.25) is 4.79 Å². The molecule has 23 heavy (non-hydrogen) atoms. The quantitative estimate of drug-likeness (QED) is 0.818. The van der Waals surface area contributed by atoms with Gasteiger partial charge in [0.15, 0.2) is 0 Å². The number of anilines is 2. The van der Waals surface area contributed by atoms with Crippen molar-refractivity contribution < 1.29 is 4.79 Å². The van der Waals surface area contributed by atoms with E-state index in [0.29, 0.717) is 13.1 Å². The molecule has 0 aromatic heterocycles. The van der Waals surface area contributed by atoms with Crippen LogP contribution in [-0.4, -0.2) is 26.0 Å². The Bertz CT molecular complexity index is 587. The van der Waals surface area contributed by atoms with Gasteiger partial charge in [-0.1, -0.05) is 30.3 Å². The SMILES string of the molecule is CCN(c1ccccc1)c1ccc(CNC(=O)CNC)cc1.Cl. The van der Waals surface area contributed by atoms with E-state index in [0.717, 1.165) is 17.8 Å². The third-order valence-corrected chi connectivity index (χ3v) is 3.46. The fourth-order valence-corrected chi connectivity index (χ4v) is 2.34. The number of benzene rings is 2. The molecule has 0 radical (unpaired) electrons. The molecule has 0 spiro atoms. The first-order valence-electron chi connectivity index (χ1n) is 7.57. The lowest BCUT2D eigenvalue weighted by Crippen LogP contribution is -2.31. The molecule has 0 unspecified atom stereocenters. The molecule has 0 bridgehead atoms. The van der Waals surface area contributed by atoms with Crippen molar-refractivity contribution in [2.75, 3.05) is 25.0 Å². The summed E-state index contributed by atoms with van der Waals surface area (Å²) < 4.78 is 0. The van der Waals surface area contributed by atoms with E-state index in [1.54, 1.807) is 7.05 Å². The van der Waals surface area contributed by atoms with Crippen molar-refractivity contribution in [1.29, 1.82) is 0 Å². The summed E-state index contributed by atoms with van der Waals surface area (Å²) in [5.74, 6) is 0.00560. The number of likely N-dealkylation sites (N-methyl/N-ethyl adjacent to an activating group) is 1. The highest BCUT2D eigenvalue weighted by atomic mass is 35.5. The Morgan fingerprint density at radius 1 is 1.00 bits per heavy atom. The van der Waals surface area contributed by atoms with Crippen molar-refractivity contribution >= 4 is 29.7 Å². The van der Waals surface area contributed by atoms with Crippen LogP contribution in [0.4, 0.5) is 11.4 Å². The van der Waals surface area contributed by atoms with Gasteiger partial charge >= 0.3 is 0 Å². The van der Waals surface area contributed by atoms with Gasteiger partial charge in [-0.25, -0.2) is 0 Å². The molecular weight excluding hydrogens is 310 g/mol. The molecule has 0 aliphatic carbocycles. The van der Waals surface area contributed by atoms with Crippen LogP contribution in [0.25, 0.3) is 0 Å². The summed E-state index contributed by atoms with van der Waals surface area (Å²) in [5.41, 5.74) is 3.43. The number of hydrogen-bond acceptors (Lipinski definition) is 3. The largest absolute Gasteiger partial charge is 0.351 e. The number of para-hydroxylation sites is 1. The highest BCUT2D eigenvalue weighted by Crippen LogP contribution is 2.24. The number of amides is 1. The van der Waals surface area contributed by atoms with Crippen molar-refractivity contribution in [3.05, 3.63) is 60.2 Å². The summed E-state index contributed by atoms with van der Waals surface area (Å²) in [6.45, 7) is 3.94. The van der Waals surface area contributed by atoms with E-state index in [-0.39, 0.29) is 18.3 Å². The van der Waals surface area contributed by atoms with E-state index < -0.39 is 0 Å². The highest BCUT2D eigenvalue weighted by molar-refractivity contribution is 5.85. The van der Waals surface area contributed by atoms with E-state index in [4.69, 9.17) is 0 Å². The second-order valence-electron chi connectivity index (χ2n) is 5.05. The smallest absolute Gasteiger partial charge is 0.234 e. The van der Waals surface area contributed by atoms with Crippen LogP contribution in [-0.2, 0) is 11.3 Å². The van der Waals surface area contributed by atoms with Gasteiger partial charge in [0.05, 0.1) is 6.54 Å². The fourth-order valence-electron chi connectivity index (χ4n) is 2.34. The molecule has 2 rings (SSSR count). The summed E-state index contributed by atoms with van der Waals surface area (Å²) in [5, 5.41) is 5.71. The lowest BCUT2D eigenvalue weighted by Gasteiger charge is -2.23. The number of hydrogen-bond donors (Lipinski definition) is 2. The lowest BCUT2D eigenvalue weighted by molar-refractivity contribution is -0.120. The Balaban J connectivity index is 0.00000264. The normalized spacial score (nSPS) is 9.83. The zero-order chi connectivity index (χ0) is 15.8. The van der Waals surface area contributed by atoms with Gasteiger partial charge in [0.1, 0.15) is 0 Å². The van der Waals surface area contributed by atoms with Crippen LogP contribution < -0.4 is 15.5 Å². The van der Waals surface area contributed by atoms with Crippen molar-refractivity contribution in [2.24, 2.45) is 0 Å². The first-order chi connectivity index (χ1) is 10.7. The van der Waals surface area contributed by atoms with Gasteiger partial charge in [-0.15, -0.1) is 12.4 Å². The number of rotatable bonds is 7. The average Bonchev–Trinajstić information content (AvgIpc) is 2.56. The zero-order valence-corrected chi connectivity index (χ0v) is 14.4. The summed E-state index contributed by atoms with van der Waals surface area (Å²) in [6, 6.07) is 18.6. The number of nitrogens with one attached hydrogen (secondary N) is 2. The van der Waals surface area contributed by atoms with Crippen molar-refractivity contribution in [2.45, 2.75) is 13.5 Å². The minimum atomic E-state index is 0. The molecule has 2 N–H and O–H groups in total. The lowest BCUT2D eigenvalue weighted by atomic mass is 10.1. The molecule has 1 amide bonds. The molecule has 0 heterocycles. The van der Waals surface area contributed by atoms with E-state index in [2.05, 4.69) is 58.9 Å². The summed E-state index contributed by atoms with van der Waals surface area (Å²) in [4.78, 5) is 13.7. The molecule has 5 heteroatoms. The first kappa shape index (κ1) is 19.0. The molecule has 0 saturated carbocycles. The monoisotopic (exact) mass is 333 g/mol. The molecule has 0 saturated heterocycles. The molecule has 124 valence electrons. The van der Waals surface area contributed by atoms with Gasteiger partial charge in [0.25, 0.3) is 0 Å². The number of nitrogens with zero attached hydrogens (tertiary/aromatic N) is 1. The van der Waals surface area contributed by atoms with E-state index in [1.165, 1.54) is 5.69 Å². The topological polar surface area (TPSA) is 44.4 Å².